The predicted octanol–water partition coefficient (Wildman–Crippen LogP) is 3.88. The van der Waals surface area contributed by atoms with E-state index in [0.29, 0.717) is 5.56 Å². The summed E-state index contributed by atoms with van der Waals surface area (Å²) in [6, 6.07) is 18.0. The molecule has 0 saturated carbocycles. The molecule has 2 aromatic rings. The number of amides is 1. The van der Waals surface area contributed by atoms with Gasteiger partial charge in [-0.05, 0) is 36.6 Å². The first-order valence-corrected chi connectivity index (χ1v) is 6.67. The standard InChI is InChI=1S/C17H19NO/c1-3-13(2)18-17(19)16-11-7-10-15(12-16)14-8-5-4-6-9-14/h4-13H,3H2,1-2H3,(H,18,19). The number of hydrogen-bond acceptors (Lipinski definition) is 1. The van der Waals surface area contributed by atoms with Crippen molar-refractivity contribution in [1.29, 1.82) is 0 Å². The van der Waals surface area contributed by atoms with Gasteiger partial charge in [-0.1, -0.05) is 49.4 Å². The van der Waals surface area contributed by atoms with Crippen LogP contribution in [0.25, 0.3) is 11.1 Å². The third-order valence-corrected chi connectivity index (χ3v) is 3.22. The summed E-state index contributed by atoms with van der Waals surface area (Å²) in [7, 11) is 0. The second kappa shape index (κ2) is 6.19. The fourth-order valence-corrected chi connectivity index (χ4v) is 1.88. The Balaban J connectivity index is 2.23. The van der Waals surface area contributed by atoms with E-state index < -0.39 is 0 Å². The molecule has 0 aromatic heterocycles. The Labute approximate surface area is 114 Å². The predicted molar refractivity (Wildman–Crippen MR) is 79.1 cm³/mol. The Morgan fingerprint density at radius 1 is 1.05 bits per heavy atom. The molecule has 0 fully saturated rings. The van der Waals surface area contributed by atoms with E-state index in [4.69, 9.17) is 0 Å². The number of nitrogens with one attached hydrogen (secondary N) is 1. The molecule has 0 aliphatic heterocycles. The van der Waals surface area contributed by atoms with Crippen LogP contribution >= 0.6 is 0 Å². The van der Waals surface area contributed by atoms with Crippen LogP contribution in [-0.4, -0.2) is 11.9 Å². The SMILES string of the molecule is CCC(C)NC(=O)c1cccc(-c2ccccc2)c1. The minimum Gasteiger partial charge on any atom is -0.350 e. The Hall–Kier alpha value is -2.09. The number of benzene rings is 2. The van der Waals surface area contributed by atoms with E-state index in [1.165, 1.54) is 0 Å². The Morgan fingerprint density at radius 2 is 1.74 bits per heavy atom. The van der Waals surface area contributed by atoms with Gasteiger partial charge in [0.1, 0.15) is 0 Å². The Kier molecular flexibility index (Phi) is 4.35. The second-order valence-corrected chi connectivity index (χ2v) is 4.73. The molecule has 2 heteroatoms. The molecule has 0 saturated heterocycles. The molecular weight excluding hydrogens is 234 g/mol. The van der Waals surface area contributed by atoms with Gasteiger partial charge in [-0.25, -0.2) is 0 Å². The van der Waals surface area contributed by atoms with Crippen molar-refractivity contribution in [2.75, 3.05) is 0 Å². The maximum absolute atomic E-state index is 12.1. The van der Waals surface area contributed by atoms with Crippen molar-refractivity contribution in [2.24, 2.45) is 0 Å². The maximum Gasteiger partial charge on any atom is 0.251 e. The lowest BCUT2D eigenvalue weighted by Crippen LogP contribution is -2.31. The molecule has 1 unspecified atom stereocenters. The number of carbonyl (C=O) groups is 1. The van der Waals surface area contributed by atoms with Crippen LogP contribution in [0.2, 0.25) is 0 Å². The van der Waals surface area contributed by atoms with E-state index in [1.54, 1.807) is 0 Å². The van der Waals surface area contributed by atoms with Crippen LogP contribution in [0.3, 0.4) is 0 Å². The van der Waals surface area contributed by atoms with Crippen molar-refractivity contribution in [1.82, 2.24) is 5.32 Å². The lowest BCUT2D eigenvalue weighted by molar-refractivity contribution is 0.0939. The van der Waals surface area contributed by atoms with Crippen molar-refractivity contribution in [2.45, 2.75) is 26.3 Å². The van der Waals surface area contributed by atoms with Crippen LogP contribution in [0.5, 0.6) is 0 Å². The molecule has 1 atom stereocenters. The molecule has 1 amide bonds. The highest BCUT2D eigenvalue weighted by Crippen LogP contribution is 2.19. The molecule has 0 heterocycles. The van der Waals surface area contributed by atoms with Gasteiger partial charge in [0.15, 0.2) is 0 Å². The largest absolute Gasteiger partial charge is 0.350 e. The third-order valence-electron chi connectivity index (χ3n) is 3.22. The maximum atomic E-state index is 12.1. The molecule has 0 spiro atoms. The topological polar surface area (TPSA) is 29.1 Å². The van der Waals surface area contributed by atoms with E-state index in [-0.39, 0.29) is 11.9 Å². The van der Waals surface area contributed by atoms with Crippen LogP contribution < -0.4 is 5.32 Å². The zero-order valence-corrected chi connectivity index (χ0v) is 11.4. The summed E-state index contributed by atoms with van der Waals surface area (Å²) in [4.78, 5) is 12.1. The van der Waals surface area contributed by atoms with Gasteiger partial charge in [-0.2, -0.15) is 0 Å². The summed E-state index contributed by atoms with van der Waals surface area (Å²) in [5.74, 6) is -0.00729. The highest BCUT2D eigenvalue weighted by molar-refractivity contribution is 5.95. The molecule has 2 aromatic carbocycles. The number of rotatable bonds is 4. The van der Waals surface area contributed by atoms with Crippen molar-refractivity contribution in [3.63, 3.8) is 0 Å². The summed E-state index contributed by atoms with van der Waals surface area (Å²) < 4.78 is 0. The van der Waals surface area contributed by atoms with Crippen molar-refractivity contribution < 1.29 is 4.79 Å². The highest BCUT2D eigenvalue weighted by Gasteiger charge is 2.09. The van der Waals surface area contributed by atoms with Gasteiger partial charge >= 0.3 is 0 Å². The number of hydrogen-bond donors (Lipinski definition) is 1. The van der Waals surface area contributed by atoms with Crippen molar-refractivity contribution >= 4 is 5.91 Å². The summed E-state index contributed by atoms with van der Waals surface area (Å²) in [6.07, 6.45) is 0.935. The molecule has 2 rings (SSSR count). The minimum atomic E-state index is -0.00729. The second-order valence-electron chi connectivity index (χ2n) is 4.73. The minimum absolute atomic E-state index is 0.00729. The lowest BCUT2D eigenvalue weighted by atomic mass is 10.0. The van der Waals surface area contributed by atoms with E-state index in [9.17, 15) is 4.79 Å². The molecule has 0 aliphatic rings. The van der Waals surface area contributed by atoms with Gasteiger partial charge in [0.2, 0.25) is 0 Å². The van der Waals surface area contributed by atoms with Crippen LogP contribution in [-0.2, 0) is 0 Å². The fraction of sp³-hybridized carbons (Fsp3) is 0.235. The van der Waals surface area contributed by atoms with Crippen LogP contribution in [0, 0.1) is 0 Å². The highest BCUT2D eigenvalue weighted by atomic mass is 16.1. The van der Waals surface area contributed by atoms with Crippen molar-refractivity contribution in [3.8, 4) is 11.1 Å². The van der Waals surface area contributed by atoms with Gasteiger partial charge in [0.05, 0.1) is 0 Å². The molecule has 1 N–H and O–H groups in total. The summed E-state index contributed by atoms with van der Waals surface area (Å²) in [5.41, 5.74) is 2.90. The first-order chi connectivity index (χ1) is 9.20. The first-order valence-electron chi connectivity index (χ1n) is 6.67. The fourth-order valence-electron chi connectivity index (χ4n) is 1.88. The van der Waals surface area contributed by atoms with E-state index in [2.05, 4.69) is 12.2 Å². The van der Waals surface area contributed by atoms with Gasteiger partial charge in [-0.15, -0.1) is 0 Å². The Bertz CT molecular complexity index is 548. The third kappa shape index (κ3) is 3.44. The van der Waals surface area contributed by atoms with Gasteiger partial charge in [0.25, 0.3) is 5.91 Å². The molecular formula is C17H19NO. The van der Waals surface area contributed by atoms with Crippen LogP contribution in [0.4, 0.5) is 0 Å². The van der Waals surface area contributed by atoms with Gasteiger partial charge in [0, 0.05) is 11.6 Å². The van der Waals surface area contributed by atoms with Gasteiger partial charge < -0.3 is 5.32 Å². The van der Waals surface area contributed by atoms with Gasteiger partial charge in [-0.3, -0.25) is 4.79 Å². The zero-order valence-electron chi connectivity index (χ0n) is 11.4. The van der Waals surface area contributed by atoms with Crippen molar-refractivity contribution in [3.05, 3.63) is 60.2 Å². The lowest BCUT2D eigenvalue weighted by Gasteiger charge is -2.12. The quantitative estimate of drug-likeness (QED) is 0.880. The molecule has 0 radical (unpaired) electrons. The normalized spacial score (nSPS) is 11.9. The Morgan fingerprint density at radius 3 is 2.42 bits per heavy atom. The molecule has 0 bridgehead atoms. The van der Waals surface area contributed by atoms with E-state index in [1.807, 2.05) is 61.5 Å². The summed E-state index contributed by atoms with van der Waals surface area (Å²) in [5, 5.41) is 2.99. The zero-order chi connectivity index (χ0) is 13.7. The first kappa shape index (κ1) is 13.3. The van der Waals surface area contributed by atoms with Crippen LogP contribution in [0.1, 0.15) is 30.6 Å². The van der Waals surface area contributed by atoms with E-state index >= 15 is 0 Å². The summed E-state index contributed by atoms with van der Waals surface area (Å²) >= 11 is 0. The molecule has 0 aliphatic carbocycles. The van der Waals surface area contributed by atoms with Crippen LogP contribution in [0.15, 0.2) is 54.6 Å². The molecule has 19 heavy (non-hydrogen) atoms. The van der Waals surface area contributed by atoms with E-state index in [0.717, 1.165) is 17.5 Å². The average molecular weight is 253 g/mol. The smallest absolute Gasteiger partial charge is 0.251 e. The number of carbonyl (C=O) groups excluding carboxylic acids is 1. The summed E-state index contributed by atoms with van der Waals surface area (Å²) in [6.45, 7) is 4.07. The monoisotopic (exact) mass is 253 g/mol. The molecule has 98 valence electrons. The molecule has 2 nitrogen and oxygen atoms in total. The average Bonchev–Trinajstić information content (AvgIpc) is 2.48.